The van der Waals surface area contributed by atoms with Crippen LogP contribution in [0.4, 0.5) is 0 Å². The lowest BCUT2D eigenvalue weighted by Crippen LogP contribution is -2.42. The maximum atomic E-state index is 12.0. The maximum absolute atomic E-state index is 12.0. The Bertz CT molecular complexity index is 474. The number of aromatic nitrogens is 2. The van der Waals surface area contributed by atoms with Crippen LogP contribution >= 0.6 is 0 Å². The minimum Gasteiger partial charge on any atom is -0.388 e. The highest BCUT2D eigenvalue weighted by Crippen LogP contribution is 2.26. The van der Waals surface area contributed by atoms with Gasteiger partial charge in [-0.2, -0.15) is 0 Å². The number of hydrogen-bond donors (Lipinski definition) is 2. The van der Waals surface area contributed by atoms with Gasteiger partial charge in [0.05, 0.1) is 5.60 Å². The molecule has 1 heterocycles. The van der Waals surface area contributed by atoms with Crippen molar-refractivity contribution in [1.29, 1.82) is 0 Å². The van der Waals surface area contributed by atoms with E-state index in [4.69, 9.17) is 0 Å². The topological polar surface area (TPSA) is 67.2 Å². The average Bonchev–Trinajstić information content (AvgIpc) is 2.85. The molecule has 0 aliphatic heterocycles. The molecule has 0 unspecified atom stereocenters. The van der Waals surface area contributed by atoms with Gasteiger partial charge < -0.3 is 15.0 Å². The molecule has 1 amide bonds. The number of carbonyl (C=O) groups is 1. The molecule has 0 bridgehead atoms. The Morgan fingerprint density at radius 2 is 2.05 bits per heavy atom. The first-order valence-corrected chi connectivity index (χ1v) is 8.50. The quantitative estimate of drug-likeness (QED) is 0.794. The van der Waals surface area contributed by atoms with Crippen molar-refractivity contribution in [3.8, 4) is 0 Å². The number of amides is 1. The summed E-state index contributed by atoms with van der Waals surface area (Å²) in [5.74, 6) is 1.36. The van der Waals surface area contributed by atoms with Crippen molar-refractivity contribution in [2.24, 2.45) is 0 Å². The lowest BCUT2D eigenvalue weighted by Gasteiger charge is -2.26. The molecule has 5 heteroatoms. The molecule has 0 aromatic carbocycles. The van der Waals surface area contributed by atoms with E-state index in [1.54, 1.807) is 6.20 Å². The largest absolute Gasteiger partial charge is 0.388 e. The summed E-state index contributed by atoms with van der Waals surface area (Å²) in [4.78, 5) is 16.4. The van der Waals surface area contributed by atoms with Gasteiger partial charge in [0.15, 0.2) is 0 Å². The van der Waals surface area contributed by atoms with Crippen LogP contribution in [0.25, 0.3) is 0 Å². The van der Waals surface area contributed by atoms with Gasteiger partial charge in [-0.3, -0.25) is 4.79 Å². The Morgan fingerprint density at radius 3 is 2.68 bits per heavy atom. The molecule has 0 spiro atoms. The molecule has 5 nitrogen and oxygen atoms in total. The van der Waals surface area contributed by atoms with E-state index in [2.05, 4.69) is 24.1 Å². The third-order valence-corrected chi connectivity index (χ3v) is 4.49. The van der Waals surface area contributed by atoms with Gasteiger partial charge in [-0.1, -0.05) is 39.5 Å². The van der Waals surface area contributed by atoms with Gasteiger partial charge in [0.25, 0.3) is 0 Å². The third kappa shape index (κ3) is 4.83. The highest BCUT2D eigenvalue weighted by Gasteiger charge is 2.28. The van der Waals surface area contributed by atoms with Gasteiger partial charge in [0.1, 0.15) is 5.82 Å². The number of imidazole rings is 1. The van der Waals surface area contributed by atoms with Crippen LogP contribution in [0.5, 0.6) is 0 Å². The van der Waals surface area contributed by atoms with Crippen LogP contribution in [0.15, 0.2) is 12.4 Å². The molecule has 1 aliphatic carbocycles. The van der Waals surface area contributed by atoms with Gasteiger partial charge in [-0.15, -0.1) is 0 Å². The molecular formula is C17H29N3O2. The molecule has 0 saturated heterocycles. The monoisotopic (exact) mass is 307 g/mol. The van der Waals surface area contributed by atoms with Gasteiger partial charge in [0, 0.05) is 37.8 Å². The first-order chi connectivity index (χ1) is 10.5. The Balaban J connectivity index is 1.77. The predicted octanol–water partition coefficient (Wildman–Crippen LogP) is 2.60. The summed E-state index contributed by atoms with van der Waals surface area (Å²) in [5, 5.41) is 13.4. The normalized spacial score (nSPS) is 18.2. The number of carbonyl (C=O) groups excluding carboxylic acids is 1. The van der Waals surface area contributed by atoms with Gasteiger partial charge in [0.2, 0.25) is 5.91 Å². The molecule has 1 aliphatic rings. The fourth-order valence-electron chi connectivity index (χ4n) is 3.15. The summed E-state index contributed by atoms with van der Waals surface area (Å²) in [5.41, 5.74) is -0.704. The van der Waals surface area contributed by atoms with Crippen molar-refractivity contribution in [3.05, 3.63) is 18.2 Å². The van der Waals surface area contributed by atoms with Crippen LogP contribution in [0, 0.1) is 0 Å². The van der Waals surface area contributed by atoms with Crippen molar-refractivity contribution >= 4 is 5.91 Å². The highest BCUT2D eigenvalue weighted by molar-refractivity contribution is 5.75. The standard InChI is InChI=1S/C17H29N3O2/c1-14(2)16-18-10-12-20(16)11-7-15(21)19-13-17(22)8-5-3-4-6-9-17/h10,12,14,22H,3-9,11,13H2,1-2H3,(H,19,21). The van der Waals surface area contributed by atoms with Crippen LogP contribution in [0.3, 0.4) is 0 Å². The molecule has 22 heavy (non-hydrogen) atoms. The zero-order chi connectivity index (χ0) is 16.0. The summed E-state index contributed by atoms with van der Waals surface area (Å²) < 4.78 is 2.03. The van der Waals surface area contributed by atoms with Crippen molar-refractivity contribution in [3.63, 3.8) is 0 Å². The van der Waals surface area contributed by atoms with Crippen LogP contribution < -0.4 is 5.32 Å². The first-order valence-electron chi connectivity index (χ1n) is 8.50. The van der Waals surface area contributed by atoms with Crippen LogP contribution in [-0.2, 0) is 11.3 Å². The summed E-state index contributed by atoms with van der Waals surface area (Å²) >= 11 is 0. The average molecular weight is 307 g/mol. The van der Waals surface area contributed by atoms with E-state index in [0.717, 1.165) is 31.5 Å². The fourth-order valence-corrected chi connectivity index (χ4v) is 3.15. The molecule has 1 aromatic rings. The van der Waals surface area contributed by atoms with Crippen LogP contribution in [-0.4, -0.2) is 32.7 Å². The van der Waals surface area contributed by atoms with Crippen LogP contribution in [0.2, 0.25) is 0 Å². The van der Waals surface area contributed by atoms with E-state index in [-0.39, 0.29) is 5.91 Å². The van der Waals surface area contributed by atoms with Crippen molar-refractivity contribution in [2.45, 2.75) is 76.9 Å². The number of nitrogens with zero attached hydrogens (tertiary/aromatic N) is 2. The smallest absolute Gasteiger partial charge is 0.221 e. The third-order valence-electron chi connectivity index (χ3n) is 4.49. The zero-order valence-corrected chi connectivity index (χ0v) is 13.8. The molecule has 1 fully saturated rings. The number of nitrogens with one attached hydrogen (secondary N) is 1. The highest BCUT2D eigenvalue weighted by atomic mass is 16.3. The van der Waals surface area contributed by atoms with Crippen molar-refractivity contribution in [2.75, 3.05) is 6.54 Å². The molecule has 0 atom stereocenters. The molecular weight excluding hydrogens is 278 g/mol. The number of aryl methyl sites for hydroxylation is 1. The Labute approximate surface area is 133 Å². The molecule has 124 valence electrons. The van der Waals surface area contributed by atoms with E-state index in [9.17, 15) is 9.90 Å². The molecule has 0 radical (unpaired) electrons. The van der Waals surface area contributed by atoms with Gasteiger partial charge in [-0.05, 0) is 12.8 Å². The van der Waals surface area contributed by atoms with Gasteiger partial charge in [-0.25, -0.2) is 4.98 Å². The summed E-state index contributed by atoms with van der Waals surface area (Å²) in [6.45, 7) is 5.21. The van der Waals surface area contributed by atoms with E-state index >= 15 is 0 Å². The van der Waals surface area contributed by atoms with Crippen molar-refractivity contribution < 1.29 is 9.90 Å². The Morgan fingerprint density at radius 1 is 1.36 bits per heavy atom. The second kappa shape index (κ2) is 7.77. The van der Waals surface area contributed by atoms with E-state index < -0.39 is 5.60 Å². The number of rotatable bonds is 6. The summed E-state index contributed by atoms with van der Waals surface area (Å²) in [6, 6.07) is 0. The lowest BCUT2D eigenvalue weighted by molar-refractivity contribution is -0.122. The molecule has 2 rings (SSSR count). The summed E-state index contributed by atoms with van der Waals surface area (Å²) in [7, 11) is 0. The number of hydrogen-bond acceptors (Lipinski definition) is 3. The van der Waals surface area contributed by atoms with Gasteiger partial charge >= 0.3 is 0 Å². The van der Waals surface area contributed by atoms with E-state index in [1.165, 1.54) is 12.8 Å². The fraction of sp³-hybridized carbons (Fsp3) is 0.765. The van der Waals surface area contributed by atoms with Crippen molar-refractivity contribution in [1.82, 2.24) is 14.9 Å². The SMILES string of the molecule is CC(C)c1nccn1CCC(=O)NCC1(O)CCCCCC1. The second-order valence-corrected chi connectivity index (χ2v) is 6.80. The Kier molecular flexibility index (Phi) is 6.00. The minimum absolute atomic E-state index is 0.000998. The molecule has 2 N–H and O–H groups in total. The second-order valence-electron chi connectivity index (χ2n) is 6.80. The predicted molar refractivity (Wildman–Crippen MR) is 86.6 cm³/mol. The molecule has 1 aromatic heterocycles. The van der Waals surface area contributed by atoms with E-state index in [0.29, 0.717) is 25.4 Å². The van der Waals surface area contributed by atoms with Crippen LogP contribution in [0.1, 0.15) is 70.5 Å². The Hall–Kier alpha value is -1.36. The minimum atomic E-state index is -0.704. The first kappa shape index (κ1) is 17.0. The molecule has 1 saturated carbocycles. The maximum Gasteiger partial charge on any atom is 0.221 e. The summed E-state index contributed by atoms with van der Waals surface area (Å²) in [6.07, 6.45) is 10.2. The number of aliphatic hydroxyl groups is 1. The zero-order valence-electron chi connectivity index (χ0n) is 13.8. The van der Waals surface area contributed by atoms with E-state index in [1.807, 2.05) is 10.8 Å². The lowest BCUT2D eigenvalue weighted by atomic mass is 9.94.